The number of anilines is 1. The number of methoxy groups -OCH3 is 1. The zero-order valence-corrected chi connectivity index (χ0v) is 14.3. The van der Waals surface area contributed by atoms with Crippen LogP contribution in [0.4, 0.5) is 10.1 Å². The monoisotopic (exact) mass is 357 g/mol. The van der Waals surface area contributed by atoms with E-state index >= 15 is 0 Å². The average Bonchev–Trinajstić information content (AvgIpc) is 3.09. The van der Waals surface area contributed by atoms with Gasteiger partial charge in [0.15, 0.2) is 5.16 Å². The summed E-state index contributed by atoms with van der Waals surface area (Å²) in [5.74, 6) is 0.335. The van der Waals surface area contributed by atoms with Gasteiger partial charge in [-0.05, 0) is 36.4 Å². The van der Waals surface area contributed by atoms with Gasteiger partial charge in [0.1, 0.15) is 11.6 Å². The van der Waals surface area contributed by atoms with Gasteiger partial charge in [0.05, 0.1) is 18.6 Å². The van der Waals surface area contributed by atoms with E-state index < -0.39 is 0 Å². The van der Waals surface area contributed by atoms with Crippen molar-refractivity contribution < 1.29 is 13.9 Å². The standard InChI is InChI=1S/C18H16FN3O2S/c1-24-16-5-3-2-4-15(16)21-17(23)12-25-18-20-10-11-22(18)14-8-6-13(19)7-9-14/h2-11H,12H2,1H3,(H,21,23). The lowest BCUT2D eigenvalue weighted by molar-refractivity contribution is -0.113. The number of ether oxygens (including phenoxy) is 1. The first-order valence-corrected chi connectivity index (χ1v) is 8.51. The van der Waals surface area contributed by atoms with E-state index in [4.69, 9.17) is 4.74 Å². The number of nitrogens with one attached hydrogen (secondary N) is 1. The lowest BCUT2D eigenvalue weighted by atomic mass is 10.3. The Morgan fingerprint density at radius 3 is 2.76 bits per heavy atom. The Balaban J connectivity index is 1.65. The van der Waals surface area contributed by atoms with Crippen LogP contribution in [0.3, 0.4) is 0 Å². The molecule has 128 valence electrons. The first-order valence-electron chi connectivity index (χ1n) is 7.52. The molecule has 0 aliphatic carbocycles. The van der Waals surface area contributed by atoms with E-state index in [1.54, 1.807) is 48.3 Å². The minimum absolute atomic E-state index is 0.164. The van der Waals surface area contributed by atoms with Crippen molar-refractivity contribution in [2.45, 2.75) is 5.16 Å². The van der Waals surface area contributed by atoms with Gasteiger partial charge in [-0.3, -0.25) is 9.36 Å². The molecule has 0 atom stereocenters. The Kier molecular flexibility index (Phi) is 5.35. The normalized spacial score (nSPS) is 10.5. The van der Waals surface area contributed by atoms with Crippen molar-refractivity contribution in [2.24, 2.45) is 0 Å². The van der Waals surface area contributed by atoms with Gasteiger partial charge in [0.2, 0.25) is 5.91 Å². The fourth-order valence-electron chi connectivity index (χ4n) is 2.26. The molecule has 7 heteroatoms. The molecule has 3 aromatic rings. The maximum Gasteiger partial charge on any atom is 0.234 e. The van der Waals surface area contributed by atoms with Crippen LogP contribution in [0.25, 0.3) is 5.69 Å². The highest BCUT2D eigenvalue weighted by atomic mass is 32.2. The van der Waals surface area contributed by atoms with Crippen LogP contribution in [-0.2, 0) is 4.79 Å². The number of rotatable bonds is 6. The summed E-state index contributed by atoms with van der Waals surface area (Å²) in [5, 5.41) is 3.47. The molecular weight excluding hydrogens is 341 g/mol. The number of thioether (sulfide) groups is 1. The third kappa shape index (κ3) is 4.19. The molecule has 0 spiro atoms. The van der Waals surface area contributed by atoms with Crippen LogP contribution in [0, 0.1) is 5.82 Å². The number of amides is 1. The highest BCUT2D eigenvalue weighted by Gasteiger charge is 2.11. The van der Waals surface area contributed by atoms with Crippen LogP contribution in [0.5, 0.6) is 5.75 Å². The molecule has 0 saturated heterocycles. The second kappa shape index (κ2) is 7.85. The van der Waals surface area contributed by atoms with Crippen molar-refractivity contribution in [1.82, 2.24) is 9.55 Å². The van der Waals surface area contributed by atoms with Gasteiger partial charge < -0.3 is 10.1 Å². The topological polar surface area (TPSA) is 56.1 Å². The molecule has 25 heavy (non-hydrogen) atoms. The summed E-state index contributed by atoms with van der Waals surface area (Å²) in [7, 11) is 1.55. The maximum absolute atomic E-state index is 13.1. The van der Waals surface area contributed by atoms with E-state index in [9.17, 15) is 9.18 Å². The van der Waals surface area contributed by atoms with Gasteiger partial charge >= 0.3 is 0 Å². The molecule has 0 fully saturated rings. The quantitative estimate of drug-likeness (QED) is 0.683. The smallest absolute Gasteiger partial charge is 0.234 e. The van der Waals surface area contributed by atoms with Gasteiger partial charge in [0, 0.05) is 18.1 Å². The van der Waals surface area contributed by atoms with Crippen molar-refractivity contribution in [3.63, 3.8) is 0 Å². The molecule has 3 rings (SSSR count). The Bertz CT molecular complexity index is 865. The highest BCUT2D eigenvalue weighted by Crippen LogP contribution is 2.24. The lowest BCUT2D eigenvalue weighted by Crippen LogP contribution is -2.15. The third-order valence-electron chi connectivity index (χ3n) is 3.43. The van der Waals surface area contributed by atoms with Crippen molar-refractivity contribution >= 4 is 23.4 Å². The van der Waals surface area contributed by atoms with Gasteiger partial charge in [-0.2, -0.15) is 0 Å². The van der Waals surface area contributed by atoms with Crippen molar-refractivity contribution in [1.29, 1.82) is 0 Å². The Morgan fingerprint density at radius 2 is 2.00 bits per heavy atom. The van der Waals surface area contributed by atoms with Crippen LogP contribution < -0.4 is 10.1 Å². The summed E-state index contributed by atoms with van der Waals surface area (Å²) in [6.07, 6.45) is 3.41. The van der Waals surface area contributed by atoms with E-state index in [2.05, 4.69) is 10.3 Å². The van der Waals surface area contributed by atoms with E-state index in [1.807, 2.05) is 12.1 Å². The summed E-state index contributed by atoms with van der Waals surface area (Å²) in [4.78, 5) is 16.4. The molecule has 5 nitrogen and oxygen atoms in total. The number of halogens is 1. The minimum atomic E-state index is -0.297. The summed E-state index contributed by atoms with van der Waals surface area (Å²) in [6.45, 7) is 0. The van der Waals surface area contributed by atoms with Crippen LogP contribution in [-0.4, -0.2) is 28.3 Å². The number of aromatic nitrogens is 2. The Labute approximate surface area is 148 Å². The molecule has 0 aliphatic rings. The number of carbonyl (C=O) groups is 1. The average molecular weight is 357 g/mol. The van der Waals surface area contributed by atoms with E-state index in [1.165, 1.54) is 23.9 Å². The molecule has 0 radical (unpaired) electrons. The molecule has 1 amide bonds. The predicted molar refractivity (Wildman–Crippen MR) is 95.9 cm³/mol. The van der Waals surface area contributed by atoms with Gasteiger partial charge in [0.25, 0.3) is 0 Å². The zero-order chi connectivity index (χ0) is 17.6. The molecule has 2 aromatic carbocycles. The zero-order valence-electron chi connectivity index (χ0n) is 13.5. The number of para-hydroxylation sites is 2. The second-order valence-corrected chi connectivity index (χ2v) is 6.04. The number of imidazole rings is 1. The number of hydrogen-bond acceptors (Lipinski definition) is 4. The largest absolute Gasteiger partial charge is 0.495 e. The SMILES string of the molecule is COc1ccccc1NC(=O)CSc1nccn1-c1ccc(F)cc1. The number of carbonyl (C=O) groups excluding carboxylic acids is 1. The van der Waals surface area contributed by atoms with Crippen molar-refractivity contribution in [2.75, 3.05) is 18.2 Å². The molecule has 0 saturated carbocycles. The molecular formula is C18H16FN3O2S. The van der Waals surface area contributed by atoms with Crippen molar-refractivity contribution in [3.8, 4) is 11.4 Å². The number of benzene rings is 2. The van der Waals surface area contributed by atoms with E-state index in [0.717, 1.165) is 5.69 Å². The minimum Gasteiger partial charge on any atom is -0.495 e. The van der Waals surface area contributed by atoms with Gasteiger partial charge in [-0.25, -0.2) is 9.37 Å². The lowest BCUT2D eigenvalue weighted by Gasteiger charge is -2.10. The molecule has 0 aliphatic heterocycles. The Morgan fingerprint density at radius 1 is 1.24 bits per heavy atom. The van der Waals surface area contributed by atoms with Gasteiger partial charge in [-0.15, -0.1) is 0 Å². The second-order valence-electron chi connectivity index (χ2n) is 5.09. The number of hydrogen-bond donors (Lipinski definition) is 1. The Hall–Kier alpha value is -2.80. The summed E-state index contributed by atoms with van der Waals surface area (Å²) in [6, 6.07) is 13.3. The predicted octanol–water partition coefficient (Wildman–Crippen LogP) is 3.75. The summed E-state index contributed by atoms with van der Waals surface area (Å²) in [5.41, 5.74) is 1.41. The molecule has 1 aromatic heterocycles. The van der Waals surface area contributed by atoms with E-state index in [0.29, 0.717) is 16.6 Å². The molecule has 1 N–H and O–H groups in total. The van der Waals surface area contributed by atoms with E-state index in [-0.39, 0.29) is 17.5 Å². The maximum atomic E-state index is 13.1. The first-order chi connectivity index (χ1) is 12.2. The third-order valence-corrected chi connectivity index (χ3v) is 4.39. The fourth-order valence-corrected chi connectivity index (χ4v) is 3.03. The molecule has 0 bridgehead atoms. The van der Waals surface area contributed by atoms with Crippen LogP contribution in [0.2, 0.25) is 0 Å². The molecule has 1 heterocycles. The van der Waals surface area contributed by atoms with Gasteiger partial charge in [-0.1, -0.05) is 23.9 Å². The van der Waals surface area contributed by atoms with Crippen molar-refractivity contribution in [3.05, 3.63) is 66.7 Å². The molecule has 0 unspecified atom stereocenters. The summed E-state index contributed by atoms with van der Waals surface area (Å²) >= 11 is 1.30. The van der Waals surface area contributed by atoms with Crippen LogP contribution in [0.15, 0.2) is 66.1 Å². The highest BCUT2D eigenvalue weighted by molar-refractivity contribution is 7.99. The van der Waals surface area contributed by atoms with Crippen LogP contribution in [0.1, 0.15) is 0 Å². The first kappa shape index (κ1) is 17.0. The fraction of sp³-hybridized carbons (Fsp3) is 0.111. The summed E-state index contributed by atoms with van der Waals surface area (Å²) < 4.78 is 20.1. The van der Waals surface area contributed by atoms with Crippen LogP contribution >= 0.6 is 11.8 Å². The number of nitrogens with zero attached hydrogens (tertiary/aromatic N) is 2.